The van der Waals surface area contributed by atoms with Crippen molar-refractivity contribution in [2.45, 2.75) is 6.04 Å². The van der Waals surface area contributed by atoms with E-state index in [2.05, 4.69) is 6.07 Å². The Balaban J connectivity index is 2.89. The zero-order chi connectivity index (χ0) is 9.14. The van der Waals surface area contributed by atoms with Gasteiger partial charge in [-0.2, -0.15) is 5.26 Å². The molecular weight excluding hydrogens is 192 g/mol. The molecule has 0 aliphatic carbocycles. The molecule has 12 heavy (non-hydrogen) atoms. The first kappa shape index (κ1) is 9.53. The van der Waals surface area contributed by atoms with Crippen molar-refractivity contribution in [1.82, 2.24) is 4.90 Å². The second kappa shape index (κ2) is 3.90. The number of thiophene rings is 1. The molecule has 0 saturated heterocycles. The predicted octanol–water partition coefficient (Wildman–Crippen LogP) is 2.53. The molecule has 1 unspecified atom stereocenters. The Labute approximate surface area is 81.0 Å². The molecule has 0 aliphatic rings. The van der Waals surface area contributed by atoms with Crippen molar-refractivity contribution in [3.05, 3.63) is 21.3 Å². The lowest BCUT2D eigenvalue weighted by atomic mass is 10.2. The topological polar surface area (TPSA) is 27.0 Å². The molecule has 0 N–H and O–H groups in total. The van der Waals surface area contributed by atoms with Crippen LogP contribution < -0.4 is 0 Å². The van der Waals surface area contributed by atoms with Gasteiger partial charge >= 0.3 is 0 Å². The predicted molar refractivity (Wildman–Crippen MR) is 51.4 cm³/mol. The van der Waals surface area contributed by atoms with Crippen LogP contribution in [0, 0.1) is 11.3 Å². The molecule has 1 aromatic rings. The van der Waals surface area contributed by atoms with E-state index in [1.165, 1.54) is 11.3 Å². The Morgan fingerprint density at radius 2 is 2.25 bits per heavy atom. The van der Waals surface area contributed by atoms with E-state index in [0.29, 0.717) is 0 Å². The molecule has 1 heterocycles. The Kier molecular flexibility index (Phi) is 3.10. The minimum atomic E-state index is -0.178. The Hall–Kier alpha value is -0.560. The van der Waals surface area contributed by atoms with E-state index in [0.717, 1.165) is 9.21 Å². The monoisotopic (exact) mass is 200 g/mol. The van der Waals surface area contributed by atoms with Gasteiger partial charge in [0.1, 0.15) is 6.04 Å². The summed E-state index contributed by atoms with van der Waals surface area (Å²) in [6.45, 7) is 0. The van der Waals surface area contributed by atoms with Crippen LogP contribution in [0.2, 0.25) is 4.34 Å². The minimum absolute atomic E-state index is 0.178. The summed E-state index contributed by atoms with van der Waals surface area (Å²) in [6.07, 6.45) is 0. The Morgan fingerprint density at radius 1 is 1.58 bits per heavy atom. The summed E-state index contributed by atoms with van der Waals surface area (Å²) in [6, 6.07) is 5.74. The summed E-state index contributed by atoms with van der Waals surface area (Å²) in [7, 11) is 3.75. The first-order chi connectivity index (χ1) is 5.65. The molecule has 0 spiro atoms. The molecule has 0 aromatic carbocycles. The number of nitriles is 1. The number of halogens is 1. The summed E-state index contributed by atoms with van der Waals surface area (Å²) >= 11 is 7.21. The van der Waals surface area contributed by atoms with Gasteiger partial charge in [-0.15, -0.1) is 11.3 Å². The fourth-order valence-electron chi connectivity index (χ4n) is 0.909. The Bertz CT molecular complexity index is 300. The molecule has 0 saturated carbocycles. The average Bonchev–Trinajstić information content (AvgIpc) is 2.37. The maximum atomic E-state index is 8.83. The zero-order valence-electron chi connectivity index (χ0n) is 6.91. The van der Waals surface area contributed by atoms with Crippen LogP contribution in [0.5, 0.6) is 0 Å². The third kappa shape index (κ3) is 1.98. The molecule has 2 nitrogen and oxygen atoms in total. The third-order valence-corrected chi connectivity index (χ3v) is 2.79. The van der Waals surface area contributed by atoms with Gasteiger partial charge in [-0.1, -0.05) is 11.6 Å². The van der Waals surface area contributed by atoms with Gasteiger partial charge in [0.15, 0.2) is 0 Å². The first-order valence-electron chi connectivity index (χ1n) is 3.46. The first-order valence-corrected chi connectivity index (χ1v) is 4.66. The van der Waals surface area contributed by atoms with Gasteiger partial charge in [0.2, 0.25) is 0 Å². The molecule has 1 atom stereocenters. The van der Waals surface area contributed by atoms with E-state index in [9.17, 15) is 0 Å². The van der Waals surface area contributed by atoms with Crippen LogP contribution in [0.4, 0.5) is 0 Å². The van der Waals surface area contributed by atoms with Crippen molar-refractivity contribution in [1.29, 1.82) is 5.26 Å². The van der Waals surface area contributed by atoms with Crippen LogP contribution in [0.3, 0.4) is 0 Å². The van der Waals surface area contributed by atoms with Gasteiger partial charge in [0.05, 0.1) is 10.4 Å². The van der Waals surface area contributed by atoms with E-state index >= 15 is 0 Å². The highest BCUT2D eigenvalue weighted by Gasteiger charge is 2.14. The van der Waals surface area contributed by atoms with Crippen molar-refractivity contribution in [2.75, 3.05) is 14.1 Å². The van der Waals surface area contributed by atoms with Crippen LogP contribution in [0.15, 0.2) is 12.1 Å². The highest BCUT2D eigenvalue weighted by molar-refractivity contribution is 7.16. The van der Waals surface area contributed by atoms with Crippen molar-refractivity contribution in [3.63, 3.8) is 0 Å². The van der Waals surface area contributed by atoms with Gasteiger partial charge in [-0.3, -0.25) is 4.90 Å². The van der Waals surface area contributed by atoms with Gasteiger partial charge in [0.25, 0.3) is 0 Å². The van der Waals surface area contributed by atoms with E-state index < -0.39 is 0 Å². The van der Waals surface area contributed by atoms with Gasteiger partial charge in [0, 0.05) is 4.88 Å². The van der Waals surface area contributed by atoms with Gasteiger partial charge < -0.3 is 0 Å². The summed E-state index contributed by atoms with van der Waals surface area (Å²) in [5, 5.41) is 8.83. The van der Waals surface area contributed by atoms with Crippen molar-refractivity contribution in [2.24, 2.45) is 0 Å². The molecule has 1 aromatic heterocycles. The fourth-order valence-corrected chi connectivity index (χ4v) is 2.11. The summed E-state index contributed by atoms with van der Waals surface area (Å²) in [4.78, 5) is 2.86. The van der Waals surface area contributed by atoms with Gasteiger partial charge in [-0.25, -0.2) is 0 Å². The van der Waals surface area contributed by atoms with Crippen molar-refractivity contribution in [3.8, 4) is 6.07 Å². The van der Waals surface area contributed by atoms with Crippen molar-refractivity contribution >= 4 is 22.9 Å². The highest BCUT2D eigenvalue weighted by Crippen LogP contribution is 2.28. The number of hydrogen-bond donors (Lipinski definition) is 0. The molecular formula is C8H9ClN2S. The fraction of sp³-hybridized carbons (Fsp3) is 0.375. The molecule has 0 aliphatic heterocycles. The second-order valence-electron chi connectivity index (χ2n) is 2.64. The minimum Gasteiger partial charge on any atom is -0.290 e. The van der Waals surface area contributed by atoms with Crippen LogP contribution in [-0.2, 0) is 0 Å². The maximum absolute atomic E-state index is 8.83. The highest BCUT2D eigenvalue weighted by atomic mass is 35.5. The summed E-state index contributed by atoms with van der Waals surface area (Å²) in [5.74, 6) is 0. The van der Waals surface area contributed by atoms with E-state index in [1.54, 1.807) is 0 Å². The lowest BCUT2D eigenvalue weighted by Gasteiger charge is -2.14. The molecule has 64 valence electrons. The normalized spacial score (nSPS) is 12.9. The third-order valence-electron chi connectivity index (χ3n) is 1.50. The smallest absolute Gasteiger partial charge is 0.132 e. The summed E-state index contributed by atoms with van der Waals surface area (Å²) < 4.78 is 0.729. The lowest BCUT2D eigenvalue weighted by Crippen LogP contribution is -2.16. The number of nitrogens with zero attached hydrogens (tertiary/aromatic N) is 2. The van der Waals surface area contributed by atoms with Crippen LogP contribution in [0.25, 0.3) is 0 Å². The molecule has 1 rings (SSSR count). The quantitative estimate of drug-likeness (QED) is 0.734. The van der Waals surface area contributed by atoms with Crippen LogP contribution >= 0.6 is 22.9 Å². The van der Waals surface area contributed by atoms with E-state index in [4.69, 9.17) is 16.9 Å². The zero-order valence-corrected chi connectivity index (χ0v) is 8.49. The van der Waals surface area contributed by atoms with E-state index in [1.807, 2.05) is 31.1 Å². The maximum Gasteiger partial charge on any atom is 0.132 e. The number of hydrogen-bond acceptors (Lipinski definition) is 3. The van der Waals surface area contributed by atoms with Gasteiger partial charge in [-0.05, 0) is 26.2 Å². The van der Waals surface area contributed by atoms with Crippen LogP contribution in [0.1, 0.15) is 10.9 Å². The number of rotatable bonds is 2. The molecule has 0 radical (unpaired) electrons. The Morgan fingerprint density at radius 3 is 2.58 bits per heavy atom. The largest absolute Gasteiger partial charge is 0.290 e. The average molecular weight is 201 g/mol. The van der Waals surface area contributed by atoms with Crippen LogP contribution in [-0.4, -0.2) is 19.0 Å². The molecule has 0 amide bonds. The second-order valence-corrected chi connectivity index (χ2v) is 4.38. The molecule has 0 bridgehead atoms. The van der Waals surface area contributed by atoms with E-state index in [-0.39, 0.29) is 6.04 Å². The molecule has 0 fully saturated rings. The standard InChI is InChI=1S/C8H9ClN2S/c1-11(2)6(5-10)7-3-4-8(9)12-7/h3-4,6H,1-2H3. The van der Waals surface area contributed by atoms with Crippen molar-refractivity contribution < 1.29 is 0 Å². The lowest BCUT2D eigenvalue weighted by molar-refractivity contribution is 0.362. The summed E-state index contributed by atoms with van der Waals surface area (Å²) in [5.41, 5.74) is 0. The molecule has 4 heteroatoms. The SMILES string of the molecule is CN(C)C(C#N)c1ccc(Cl)s1.